The Bertz CT molecular complexity index is 684. The fourth-order valence-corrected chi connectivity index (χ4v) is 3.32. The van der Waals surface area contributed by atoms with Gasteiger partial charge in [-0.15, -0.1) is 11.3 Å². The molecule has 1 aliphatic heterocycles. The van der Waals surface area contributed by atoms with Crippen LogP contribution in [0.15, 0.2) is 23.6 Å². The van der Waals surface area contributed by atoms with E-state index >= 15 is 0 Å². The lowest BCUT2D eigenvalue weighted by Crippen LogP contribution is -2.52. The second-order valence-electron chi connectivity index (χ2n) is 5.19. The van der Waals surface area contributed by atoms with Crippen LogP contribution in [0.2, 0.25) is 0 Å². The number of hydrogen-bond acceptors (Lipinski definition) is 4. The van der Waals surface area contributed by atoms with Crippen molar-refractivity contribution in [2.24, 2.45) is 0 Å². The van der Waals surface area contributed by atoms with Crippen molar-refractivity contribution in [3.8, 4) is 10.6 Å². The number of carbonyl (C=O) groups is 1. The van der Waals surface area contributed by atoms with Gasteiger partial charge in [-0.25, -0.2) is 13.8 Å². The Morgan fingerprint density at radius 2 is 2.14 bits per heavy atom. The highest BCUT2D eigenvalue weighted by Crippen LogP contribution is 2.29. The number of nitrogens with one attached hydrogen (secondary N) is 1. The predicted molar refractivity (Wildman–Crippen MR) is 80.8 cm³/mol. The molecule has 1 amide bonds. The van der Waals surface area contributed by atoms with E-state index in [1.807, 2.05) is 6.92 Å². The molecule has 1 aliphatic rings. The van der Waals surface area contributed by atoms with Gasteiger partial charge in [0.2, 0.25) is 0 Å². The molecule has 1 atom stereocenters. The summed E-state index contributed by atoms with van der Waals surface area (Å²) in [7, 11) is 0. The summed E-state index contributed by atoms with van der Waals surface area (Å²) in [6.07, 6.45) is 0. The number of amides is 1. The molecular formula is C15H15F2N3OS. The smallest absolute Gasteiger partial charge is 0.273 e. The van der Waals surface area contributed by atoms with Crippen LogP contribution in [-0.2, 0) is 0 Å². The van der Waals surface area contributed by atoms with Gasteiger partial charge in [0.05, 0.1) is 5.56 Å². The molecule has 0 saturated carbocycles. The summed E-state index contributed by atoms with van der Waals surface area (Å²) in [5.41, 5.74) is 0.0521. The first-order valence-electron chi connectivity index (χ1n) is 6.99. The highest BCUT2D eigenvalue weighted by molar-refractivity contribution is 7.13. The van der Waals surface area contributed by atoms with E-state index in [0.717, 1.165) is 24.4 Å². The number of piperazine rings is 1. The first kappa shape index (κ1) is 15.1. The van der Waals surface area contributed by atoms with E-state index in [9.17, 15) is 13.6 Å². The minimum absolute atomic E-state index is 0.0663. The van der Waals surface area contributed by atoms with Crippen molar-refractivity contribution in [2.75, 3.05) is 19.6 Å². The van der Waals surface area contributed by atoms with Crippen molar-refractivity contribution in [3.05, 3.63) is 40.9 Å². The SMILES string of the molecule is CC1CNCCN1C(=O)c1csc(-c2c(F)cccc2F)n1. The molecule has 1 saturated heterocycles. The van der Waals surface area contributed by atoms with E-state index < -0.39 is 11.6 Å². The van der Waals surface area contributed by atoms with Crippen LogP contribution < -0.4 is 5.32 Å². The Morgan fingerprint density at radius 3 is 2.82 bits per heavy atom. The van der Waals surface area contributed by atoms with Crippen LogP contribution in [-0.4, -0.2) is 41.5 Å². The molecule has 1 unspecified atom stereocenters. The van der Waals surface area contributed by atoms with Gasteiger partial charge in [0.1, 0.15) is 22.3 Å². The maximum atomic E-state index is 13.8. The van der Waals surface area contributed by atoms with Gasteiger partial charge in [0.15, 0.2) is 0 Å². The van der Waals surface area contributed by atoms with Crippen LogP contribution in [0.25, 0.3) is 10.6 Å². The highest BCUT2D eigenvalue weighted by Gasteiger charge is 2.26. The van der Waals surface area contributed by atoms with Crippen LogP contribution in [0, 0.1) is 11.6 Å². The molecule has 3 rings (SSSR count). The average molecular weight is 323 g/mol. The topological polar surface area (TPSA) is 45.2 Å². The molecule has 1 N–H and O–H groups in total. The van der Waals surface area contributed by atoms with E-state index in [0.29, 0.717) is 6.54 Å². The molecule has 1 aromatic heterocycles. The number of aromatic nitrogens is 1. The number of hydrogen-bond donors (Lipinski definition) is 1. The molecule has 4 nitrogen and oxygen atoms in total. The van der Waals surface area contributed by atoms with Gasteiger partial charge in [0.25, 0.3) is 5.91 Å². The summed E-state index contributed by atoms with van der Waals surface area (Å²) in [6.45, 7) is 4.01. The second-order valence-corrected chi connectivity index (χ2v) is 6.04. The molecule has 7 heteroatoms. The fraction of sp³-hybridized carbons (Fsp3) is 0.333. The second kappa shape index (κ2) is 6.10. The normalized spacial score (nSPS) is 18.5. The third-order valence-corrected chi connectivity index (χ3v) is 4.52. The lowest BCUT2D eigenvalue weighted by molar-refractivity contribution is 0.0650. The zero-order valence-electron chi connectivity index (χ0n) is 12.0. The van der Waals surface area contributed by atoms with E-state index in [1.165, 1.54) is 18.2 Å². The molecular weight excluding hydrogens is 308 g/mol. The summed E-state index contributed by atoms with van der Waals surface area (Å²) in [5.74, 6) is -1.55. The maximum Gasteiger partial charge on any atom is 0.273 e. The Labute approximate surface area is 130 Å². The summed E-state index contributed by atoms with van der Waals surface area (Å²) < 4.78 is 27.6. The van der Waals surface area contributed by atoms with Crippen molar-refractivity contribution in [3.63, 3.8) is 0 Å². The predicted octanol–water partition coefficient (Wildman–Crippen LogP) is 2.52. The Kier molecular flexibility index (Phi) is 4.17. The molecule has 2 heterocycles. The minimum atomic E-state index is -0.677. The molecule has 22 heavy (non-hydrogen) atoms. The zero-order chi connectivity index (χ0) is 15.7. The van der Waals surface area contributed by atoms with Gasteiger partial charge >= 0.3 is 0 Å². The first-order chi connectivity index (χ1) is 10.6. The van der Waals surface area contributed by atoms with Crippen molar-refractivity contribution in [1.29, 1.82) is 0 Å². The highest BCUT2D eigenvalue weighted by atomic mass is 32.1. The largest absolute Gasteiger partial charge is 0.332 e. The molecule has 0 bridgehead atoms. The molecule has 1 aromatic carbocycles. The fourth-order valence-electron chi connectivity index (χ4n) is 2.48. The zero-order valence-corrected chi connectivity index (χ0v) is 12.8. The van der Waals surface area contributed by atoms with E-state index in [-0.39, 0.29) is 28.2 Å². The molecule has 1 fully saturated rings. The number of rotatable bonds is 2. The Hall–Kier alpha value is -1.86. The summed E-state index contributed by atoms with van der Waals surface area (Å²) in [4.78, 5) is 18.3. The van der Waals surface area contributed by atoms with E-state index in [1.54, 1.807) is 10.3 Å². The number of thiazole rings is 1. The van der Waals surface area contributed by atoms with Gasteiger partial charge in [-0.1, -0.05) is 6.07 Å². The van der Waals surface area contributed by atoms with E-state index in [4.69, 9.17) is 0 Å². The summed E-state index contributed by atoms with van der Waals surface area (Å²) >= 11 is 1.07. The van der Waals surface area contributed by atoms with Gasteiger partial charge in [-0.05, 0) is 19.1 Å². The monoisotopic (exact) mass is 323 g/mol. The van der Waals surface area contributed by atoms with Gasteiger partial charge in [-0.2, -0.15) is 0 Å². The van der Waals surface area contributed by atoms with Crippen LogP contribution in [0.3, 0.4) is 0 Å². The van der Waals surface area contributed by atoms with Crippen molar-refractivity contribution < 1.29 is 13.6 Å². The maximum absolute atomic E-state index is 13.8. The van der Waals surface area contributed by atoms with Crippen molar-refractivity contribution in [1.82, 2.24) is 15.2 Å². The number of benzene rings is 1. The van der Waals surface area contributed by atoms with Gasteiger partial charge in [-0.3, -0.25) is 4.79 Å². The quantitative estimate of drug-likeness (QED) is 0.924. The van der Waals surface area contributed by atoms with Gasteiger partial charge < -0.3 is 10.2 Å². The lowest BCUT2D eigenvalue weighted by atomic mass is 10.2. The third-order valence-electron chi connectivity index (χ3n) is 3.66. The van der Waals surface area contributed by atoms with Gasteiger partial charge in [0, 0.05) is 31.1 Å². The third kappa shape index (κ3) is 2.74. The lowest BCUT2D eigenvalue weighted by Gasteiger charge is -2.33. The van der Waals surface area contributed by atoms with Crippen LogP contribution in [0.1, 0.15) is 17.4 Å². The van der Waals surface area contributed by atoms with Crippen LogP contribution >= 0.6 is 11.3 Å². The summed E-state index contributed by atoms with van der Waals surface area (Å²) in [5, 5.41) is 4.94. The molecule has 2 aromatic rings. The average Bonchev–Trinajstić information content (AvgIpc) is 2.96. The van der Waals surface area contributed by atoms with E-state index in [2.05, 4.69) is 10.3 Å². The van der Waals surface area contributed by atoms with Crippen molar-refractivity contribution in [2.45, 2.75) is 13.0 Å². The Balaban J connectivity index is 1.89. The molecule has 0 radical (unpaired) electrons. The number of carbonyl (C=O) groups excluding carboxylic acids is 1. The first-order valence-corrected chi connectivity index (χ1v) is 7.87. The molecule has 0 spiro atoms. The van der Waals surface area contributed by atoms with Crippen LogP contribution in [0.5, 0.6) is 0 Å². The number of halogens is 2. The molecule has 116 valence electrons. The van der Waals surface area contributed by atoms with Crippen molar-refractivity contribution >= 4 is 17.2 Å². The Morgan fingerprint density at radius 1 is 1.41 bits per heavy atom. The molecule has 0 aliphatic carbocycles. The summed E-state index contributed by atoms with van der Waals surface area (Å²) in [6, 6.07) is 3.73. The standard InChI is InChI=1S/C15H15F2N3OS/c1-9-7-18-5-6-20(9)15(21)12-8-22-14(19-12)13-10(16)3-2-4-11(13)17/h2-4,8-9,18H,5-7H2,1H3. The van der Waals surface area contributed by atoms with Crippen LogP contribution in [0.4, 0.5) is 8.78 Å². The number of nitrogens with zero attached hydrogens (tertiary/aromatic N) is 2. The minimum Gasteiger partial charge on any atom is -0.332 e.